The molecule has 3 rings (SSSR count). The summed E-state index contributed by atoms with van der Waals surface area (Å²) in [6.07, 6.45) is 2.22. The Labute approximate surface area is 122 Å². The van der Waals surface area contributed by atoms with Gasteiger partial charge in [-0.05, 0) is 54.2 Å². The maximum atomic E-state index is 4.67. The van der Waals surface area contributed by atoms with Crippen LogP contribution < -0.4 is 5.32 Å². The Hall–Kier alpha value is -1.29. The zero-order valence-electron chi connectivity index (χ0n) is 11.3. The lowest BCUT2D eigenvalue weighted by atomic mass is 10.1. The van der Waals surface area contributed by atoms with Crippen molar-refractivity contribution in [3.8, 4) is 0 Å². The first-order valence-electron chi connectivity index (χ1n) is 6.70. The molecule has 1 aromatic carbocycles. The summed E-state index contributed by atoms with van der Waals surface area (Å²) in [5.41, 5.74) is 4.96. The molecule has 0 aliphatic carbocycles. The van der Waals surface area contributed by atoms with E-state index < -0.39 is 0 Å². The molecule has 1 atom stereocenters. The molecule has 4 heteroatoms. The Morgan fingerprint density at radius 2 is 2.11 bits per heavy atom. The van der Waals surface area contributed by atoms with Crippen LogP contribution in [0.1, 0.15) is 29.4 Å². The van der Waals surface area contributed by atoms with Crippen molar-refractivity contribution in [3.63, 3.8) is 0 Å². The van der Waals surface area contributed by atoms with Crippen molar-refractivity contribution in [1.29, 1.82) is 0 Å². The van der Waals surface area contributed by atoms with Crippen LogP contribution in [0.15, 0.2) is 28.7 Å². The smallest absolute Gasteiger partial charge is 0.0738 e. The Morgan fingerprint density at radius 1 is 1.32 bits per heavy atom. The molecule has 19 heavy (non-hydrogen) atoms. The molecule has 0 saturated carbocycles. The van der Waals surface area contributed by atoms with E-state index in [1.165, 1.54) is 16.9 Å². The monoisotopic (exact) mass is 319 g/mol. The molecule has 1 N–H and O–H groups in total. The SMILES string of the molecule is Cc1nn(C2CCc3ccccc3NC2)c(C)c1Br. The van der Waals surface area contributed by atoms with E-state index in [4.69, 9.17) is 0 Å². The molecule has 100 valence electrons. The van der Waals surface area contributed by atoms with Gasteiger partial charge < -0.3 is 5.32 Å². The van der Waals surface area contributed by atoms with Gasteiger partial charge in [-0.1, -0.05) is 18.2 Å². The van der Waals surface area contributed by atoms with Gasteiger partial charge in [0.2, 0.25) is 0 Å². The summed E-state index contributed by atoms with van der Waals surface area (Å²) in [5.74, 6) is 0. The molecule has 1 aromatic heterocycles. The molecule has 0 bridgehead atoms. The lowest BCUT2D eigenvalue weighted by Gasteiger charge is -2.17. The molecule has 0 radical (unpaired) electrons. The summed E-state index contributed by atoms with van der Waals surface area (Å²) < 4.78 is 3.30. The van der Waals surface area contributed by atoms with Crippen molar-refractivity contribution in [3.05, 3.63) is 45.7 Å². The van der Waals surface area contributed by atoms with E-state index in [9.17, 15) is 0 Å². The number of anilines is 1. The number of benzene rings is 1. The molecule has 2 aromatic rings. The van der Waals surface area contributed by atoms with Crippen LogP contribution in [0.3, 0.4) is 0 Å². The van der Waals surface area contributed by atoms with E-state index in [0.29, 0.717) is 6.04 Å². The highest BCUT2D eigenvalue weighted by Gasteiger charge is 2.20. The van der Waals surface area contributed by atoms with Crippen LogP contribution in [0.2, 0.25) is 0 Å². The number of para-hydroxylation sites is 1. The molecular weight excluding hydrogens is 302 g/mol. The fourth-order valence-electron chi connectivity index (χ4n) is 2.77. The van der Waals surface area contributed by atoms with Crippen LogP contribution in [-0.2, 0) is 6.42 Å². The first kappa shape index (κ1) is 12.7. The van der Waals surface area contributed by atoms with Gasteiger partial charge in [-0.25, -0.2) is 0 Å². The lowest BCUT2D eigenvalue weighted by Crippen LogP contribution is -2.20. The normalized spacial score (nSPS) is 18.6. The molecule has 0 amide bonds. The fraction of sp³-hybridized carbons (Fsp3) is 0.400. The van der Waals surface area contributed by atoms with E-state index in [2.05, 4.69) is 62.2 Å². The minimum atomic E-state index is 0.414. The minimum absolute atomic E-state index is 0.414. The van der Waals surface area contributed by atoms with Crippen LogP contribution in [0.5, 0.6) is 0 Å². The highest BCUT2D eigenvalue weighted by atomic mass is 79.9. The van der Waals surface area contributed by atoms with Gasteiger partial charge in [-0.3, -0.25) is 4.68 Å². The Morgan fingerprint density at radius 3 is 2.84 bits per heavy atom. The van der Waals surface area contributed by atoms with Gasteiger partial charge in [-0.2, -0.15) is 5.10 Å². The zero-order valence-corrected chi connectivity index (χ0v) is 12.9. The minimum Gasteiger partial charge on any atom is -0.383 e. The second-order valence-corrected chi connectivity index (χ2v) is 5.95. The van der Waals surface area contributed by atoms with Crippen LogP contribution in [0, 0.1) is 13.8 Å². The number of fused-ring (bicyclic) bond motifs is 1. The predicted octanol–water partition coefficient (Wildman–Crippen LogP) is 3.86. The third-order valence-corrected chi connectivity index (χ3v) is 5.02. The number of aromatic nitrogens is 2. The van der Waals surface area contributed by atoms with E-state index in [1.54, 1.807) is 0 Å². The predicted molar refractivity (Wildman–Crippen MR) is 81.7 cm³/mol. The third kappa shape index (κ3) is 2.29. The molecule has 0 spiro atoms. The number of rotatable bonds is 1. The van der Waals surface area contributed by atoms with Crippen molar-refractivity contribution < 1.29 is 0 Å². The largest absolute Gasteiger partial charge is 0.383 e. The lowest BCUT2D eigenvalue weighted by molar-refractivity contribution is 0.438. The van der Waals surface area contributed by atoms with Gasteiger partial charge in [0.05, 0.1) is 21.9 Å². The highest BCUT2D eigenvalue weighted by molar-refractivity contribution is 9.10. The highest BCUT2D eigenvalue weighted by Crippen LogP contribution is 2.29. The fourth-order valence-corrected chi connectivity index (χ4v) is 3.03. The van der Waals surface area contributed by atoms with Gasteiger partial charge >= 0.3 is 0 Å². The molecule has 0 saturated heterocycles. The molecular formula is C15H18BrN3. The van der Waals surface area contributed by atoms with Gasteiger partial charge in [0, 0.05) is 12.2 Å². The molecule has 3 nitrogen and oxygen atoms in total. The first-order valence-corrected chi connectivity index (χ1v) is 7.49. The molecule has 1 unspecified atom stereocenters. The Kier molecular flexibility index (Phi) is 3.35. The number of nitrogens with zero attached hydrogens (tertiary/aromatic N) is 2. The van der Waals surface area contributed by atoms with Crippen LogP contribution in [0.25, 0.3) is 0 Å². The summed E-state index contributed by atoms with van der Waals surface area (Å²) in [7, 11) is 0. The van der Waals surface area contributed by atoms with E-state index in [-0.39, 0.29) is 0 Å². The number of hydrogen-bond donors (Lipinski definition) is 1. The van der Waals surface area contributed by atoms with Gasteiger partial charge in [0.25, 0.3) is 0 Å². The summed E-state index contributed by atoms with van der Waals surface area (Å²) in [4.78, 5) is 0. The van der Waals surface area contributed by atoms with Gasteiger partial charge in [0.1, 0.15) is 0 Å². The Balaban J connectivity index is 1.87. The topological polar surface area (TPSA) is 29.9 Å². The first-order chi connectivity index (χ1) is 9.16. The van der Waals surface area contributed by atoms with Crippen molar-refractivity contribution in [2.45, 2.75) is 32.7 Å². The maximum absolute atomic E-state index is 4.67. The maximum Gasteiger partial charge on any atom is 0.0738 e. The van der Waals surface area contributed by atoms with Crippen molar-refractivity contribution in [2.75, 3.05) is 11.9 Å². The van der Waals surface area contributed by atoms with Crippen molar-refractivity contribution in [2.24, 2.45) is 0 Å². The average Bonchev–Trinajstić information content (AvgIpc) is 2.61. The van der Waals surface area contributed by atoms with Crippen LogP contribution in [0.4, 0.5) is 5.69 Å². The van der Waals surface area contributed by atoms with Crippen molar-refractivity contribution in [1.82, 2.24) is 9.78 Å². The third-order valence-electron chi connectivity index (χ3n) is 3.87. The number of halogens is 1. The second-order valence-electron chi connectivity index (χ2n) is 5.16. The molecule has 0 fully saturated rings. The van der Waals surface area contributed by atoms with Crippen molar-refractivity contribution >= 4 is 21.6 Å². The summed E-state index contributed by atoms with van der Waals surface area (Å²) in [6.45, 7) is 5.11. The van der Waals surface area contributed by atoms with Crippen LogP contribution >= 0.6 is 15.9 Å². The van der Waals surface area contributed by atoms with E-state index in [1.807, 2.05) is 6.92 Å². The Bertz CT molecular complexity index is 576. The summed E-state index contributed by atoms with van der Waals surface area (Å²) >= 11 is 3.61. The van der Waals surface area contributed by atoms with E-state index in [0.717, 1.165) is 29.6 Å². The zero-order chi connectivity index (χ0) is 13.4. The molecule has 2 heterocycles. The number of aryl methyl sites for hydroxylation is 2. The standard InChI is InChI=1S/C15H18BrN3/c1-10-15(16)11(2)19(18-10)13-8-7-12-5-3-4-6-14(12)17-9-13/h3-6,13,17H,7-9H2,1-2H3. The van der Waals surface area contributed by atoms with Crippen LogP contribution in [-0.4, -0.2) is 16.3 Å². The summed E-state index contributed by atoms with van der Waals surface area (Å²) in [5, 5.41) is 8.22. The molecule has 1 aliphatic rings. The quantitative estimate of drug-likeness (QED) is 0.865. The van der Waals surface area contributed by atoms with Gasteiger partial charge in [0.15, 0.2) is 0 Å². The van der Waals surface area contributed by atoms with Gasteiger partial charge in [-0.15, -0.1) is 0 Å². The number of nitrogens with one attached hydrogen (secondary N) is 1. The number of hydrogen-bond acceptors (Lipinski definition) is 2. The second kappa shape index (κ2) is 5.00. The van der Waals surface area contributed by atoms with E-state index >= 15 is 0 Å². The molecule has 1 aliphatic heterocycles. The average molecular weight is 320 g/mol. The summed E-state index contributed by atoms with van der Waals surface area (Å²) in [6, 6.07) is 8.99.